The largest absolute Gasteiger partial charge is 0.349 e. The van der Waals surface area contributed by atoms with Crippen molar-refractivity contribution in [2.75, 3.05) is 6.54 Å². The minimum atomic E-state index is -0.0833. The first-order valence-electron chi connectivity index (χ1n) is 10.9. The first-order valence-corrected chi connectivity index (χ1v) is 10.9. The average Bonchev–Trinajstić information content (AvgIpc) is 3.20. The highest BCUT2D eigenvalue weighted by Crippen LogP contribution is 2.34. The quantitative estimate of drug-likeness (QED) is 0.404. The number of hydrogen-bond donors (Lipinski definition) is 0. The molecule has 0 N–H and O–H groups in total. The van der Waals surface area contributed by atoms with Crippen molar-refractivity contribution in [2.45, 2.75) is 25.9 Å². The third-order valence-corrected chi connectivity index (χ3v) is 6.24. The average molecular weight is 407 g/mol. The van der Waals surface area contributed by atoms with Crippen LogP contribution in [0.5, 0.6) is 0 Å². The molecule has 0 radical (unpaired) electrons. The van der Waals surface area contributed by atoms with Gasteiger partial charge in [-0.3, -0.25) is 4.79 Å². The second-order valence-corrected chi connectivity index (χ2v) is 8.18. The Kier molecular flexibility index (Phi) is 5.17. The van der Waals surface area contributed by atoms with Gasteiger partial charge in [0.15, 0.2) is 0 Å². The molecule has 1 aliphatic rings. The predicted octanol–water partition coefficient (Wildman–Crippen LogP) is 6.10. The van der Waals surface area contributed by atoms with Crippen LogP contribution in [0.2, 0.25) is 0 Å². The van der Waals surface area contributed by atoms with Crippen LogP contribution in [-0.4, -0.2) is 21.9 Å². The van der Waals surface area contributed by atoms with E-state index in [0.29, 0.717) is 0 Å². The van der Waals surface area contributed by atoms with Crippen LogP contribution in [0.4, 0.5) is 0 Å². The van der Waals surface area contributed by atoms with Gasteiger partial charge >= 0.3 is 0 Å². The van der Waals surface area contributed by atoms with Crippen molar-refractivity contribution in [3.8, 4) is 11.1 Å². The van der Waals surface area contributed by atoms with Crippen molar-refractivity contribution in [1.82, 2.24) is 9.47 Å². The van der Waals surface area contributed by atoms with Crippen molar-refractivity contribution in [2.24, 2.45) is 0 Å². The summed E-state index contributed by atoms with van der Waals surface area (Å²) in [4.78, 5) is 15.8. The molecule has 0 fully saturated rings. The van der Waals surface area contributed by atoms with E-state index in [1.54, 1.807) is 0 Å². The van der Waals surface area contributed by atoms with Crippen LogP contribution in [-0.2, 0) is 6.54 Å². The molecule has 0 spiro atoms. The zero-order valence-corrected chi connectivity index (χ0v) is 17.7. The van der Waals surface area contributed by atoms with Gasteiger partial charge in [-0.1, -0.05) is 66.7 Å². The molecule has 4 aromatic rings. The van der Waals surface area contributed by atoms with E-state index in [2.05, 4.69) is 71.1 Å². The molecular weight excluding hydrogens is 380 g/mol. The Morgan fingerprint density at radius 3 is 2.26 bits per heavy atom. The smallest absolute Gasteiger partial charge is 0.254 e. The molecule has 0 bridgehead atoms. The molecule has 0 aliphatic carbocycles. The van der Waals surface area contributed by atoms with Gasteiger partial charge in [0.1, 0.15) is 0 Å². The molecule has 3 aromatic carbocycles. The number of rotatable bonds is 3. The predicted molar refractivity (Wildman–Crippen MR) is 125 cm³/mol. The SMILES string of the molecule is Cc1ccccc1C1c2cccn2CCCN1C(=O)c1ccc(-c2ccccc2)cc1. The number of hydrogen-bond acceptors (Lipinski definition) is 1. The molecule has 5 rings (SSSR count). The molecule has 3 heteroatoms. The highest BCUT2D eigenvalue weighted by molar-refractivity contribution is 5.95. The van der Waals surface area contributed by atoms with Gasteiger partial charge in [-0.15, -0.1) is 0 Å². The van der Waals surface area contributed by atoms with Crippen LogP contribution in [0, 0.1) is 6.92 Å². The van der Waals surface area contributed by atoms with E-state index >= 15 is 0 Å². The molecule has 1 atom stereocenters. The highest BCUT2D eigenvalue weighted by Gasteiger charge is 2.32. The van der Waals surface area contributed by atoms with E-state index in [0.717, 1.165) is 36.2 Å². The number of fused-ring (bicyclic) bond motifs is 1. The van der Waals surface area contributed by atoms with Crippen molar-refractivity contribution in [1.29, 1.82) is 0 Å². The normalized spacial score (nSPS) is 15.9. The first kappa shape index (κ1) is 19.4. The van der Waals surface area contributed by atoms with E-state index in [9.17, 15) is 4.79 Å². The molecule has 0 saturated heterocycles. The zero-order valence-electron chi connectivity index (χ0n) is 17.7. The Hall–Kier alpha value is -3.59. The second kappa shape index (κ2) is 8.27. The topological polar surface area (TPSA) is 25.2 Å². The monoisotopic (exact) mass is 406 g/mol. The van der Waals surface area contributed by atoms with Gasteiger partial charge in [0.25, 0.3) is 5.91 Å². The number of benzene rings is 3. The maximum Gasteiger partial charge on any atom is 0.254 e. The van der Waals surface area contributed by atoms with Crippen LogP contribution >= 0.6 is 0 Å². The van der Waals surface area contributed by atoms with Crippen molar-refractivity contribution >= 4 is 5.91 Å². The maximum atomic E-state index is 13.7. The summed E-state index contributed by atoms with van der Waals surface area (Å²) in [6.07, 6.45) is 3.07. The van der Waals surface area contributed by atoms with Crippen LogP contribution in [0.15, 0.2) is 97.2 Å². The molecular formula is C28H26N2O. The van der Waals surface area contributed by atoms with Crippen LogP contribution in [0.25, 0.3) is 11.1 Å². The summed E-state index contributed by atoms with van der Waals surface area (Å²) in [7, 11) is 0. The minimum absolute atomic E-state index is 0.0833. The number of aromatic nitrogens is 1. The fraction of sp³-hybridized carbons (Fsp3) is 0.179. The molecule has 2 heterocycles. The third kappa shape index (κ3) is 3.68. The molecule has 1 amide bonds. The lowest BCUT2D eigenvalue weighted by Gasteiger charge is -2.32. The van der Waals surface area contributed by atoms with Crippen molar-refractivity contribution in [3.05, 3.63) is 120 Å². The molecule has 1 aromatic heterocycles. The second-order valence-electron chi connectivity index (χ2n) is 8.18. The van der Waals surface area contributed by atoms with Crippen LogP contribution < -0.4 is 0 Å². The molecule has 31 heavy (non-hydrogen) atoms. The van der Waals surface area contributed by atoms with Gasteiger partial charge in [-0.25, -0.2) is 0 Å². The van der Waals surface area contributed by atoms with E-state index < -0.39 is 0 Å². The molecule has 1 unspecified atom stereocenters. The highest BCUT2D eigenvalue weighted by atomic mass is 16.2. The fourth-order valence-corrected chi connectivity index (χ4v) is 4.62. The summed E-state index contributed by atoms with van der Waals surface area (Å²) < 4.78 is 2.29. The van der Waals surface area contributed by atoms with Crippen LogP contribution in [0.1, 0.15) is 39.6 Å². The van der Waals surface area contributed by atoms with E-state index in [-0.39, 0.29) is 11.9 Å². The minimum Gasteiger partial charge on any atom is -0.349 e. The lowest BCUT2D eigenvalue weighted by Crippen LogP contribution is -2.36. The molecule has 3 nitrogen and oxygen atoms in total. The number of nitrogens with zero attached hydrogens (tertiary/aromatic N) is 2. The van der Waals surface area contributed by atoms with E-state index in [1.807, 2.05) is 42.5 Å². The summed E-state index contributed by atoms with van der Waals surface area (Å²) in [6, 6.07) is 30.9. The van der Waals surface area contributed by atoms with Gasteiger partial charge in [0.05, 0.1) is 6.04 Å². The third-order valence-electron chi connectivity index (χ3n) is 6.24. The summed E-state index contributed by atoms with van der Waals surface area (Å²) in [5.74, 6) is 0.0857. The number of aryl methyl sites for hydroxylation is 2. The Bertz CT molecular complexity index is 1190. The Morgan fingerprint density at radius 2 is 1.48 bits per heavy atom. The van der Waals surface area contributed by atoms with E-state index in [4.69, 9.17) is 0 Å². The van der Waals surface area contributed by atoms with Gasteiger partial charge in [0.2, 0.25) is 0 Å². The van der Waals surface area contributed by atoms with Crippen LogP contribution in [0.3, 0.4) is 0 Å². The number of carbonyl (C=O) groups is 1. The molecule has 1 aliphatic heterocycles. The Balaban J connectivity index is 1.53. The maximum absolute atomic E-state index is 13.7. The lowest BCUT2D eigenvalue weighted by molar-refractivity contribution is 0.0709. The van der Waals surface area contributed by atoms with Gasteiger partial charge in [-0.05, 0) is 59.9 Å². The number of amides is 1. The van der Waals surface area contributed by atoms with Gasteiger partial charge < -0.3 is 9.47 Å². The Labute approximate surface area is 183 Å². The first-order chi connectivity index (χ1) is 15.2. The summed E-state index contributed by atoms with van der Waals surface area (Å²) in [5, 5.41) is 0. The van der Waals surface area contributed by atoms with E-state index in [1.165, 1.54) is 16.8 Å². The number of carbonyl (C=O) groups excluding carboxylic acids is 1. The summed E-state index contributed by atoms with van der Waals surface area (Å²) in [6.45, 7) is 3.80. The summed E-state index contributed by atoms with van der Waals surface area (Å²) in [5.41, 5.74) is 6.60. The fourth-order valence-electron chi connectivity index (χ4n) is 4.62. The molecule has 0 saturated carbocycles. The standard InChI is InChI=1S/C28H26N2O/c1-21-9-5-6-12-25(21)27-26-13-7-18-29(26)19-8-20-30(27)28(31)24-16-14-23(15-17-24)22-10-3-2-4-11-22/h2-7,9-18,27H,8,19-20H2,1H3. The zero-order chi connectivity index (χ0) is 21.2. The Morgan fingerprint density at radius 1 is 0.774 bits per heavy atom. The summed E-state index contributed by atoms with van der Waals surface area (Å²) >= 11 is 0. The lowest BCUT2D eigenvalue weighted by atomic mass is 9.96. The van der Waals surface area contributed by atoms with Crippen molar-refractivity contribution in [3.63, 3.8) is 0 Å². The van der Waals surface area contributed by atoms with Crippen molar-refractivity contribution < 1.29 is 4.79 Å². The molecule has 154 valence electrons. The van der Waals surface area contributed by atoms with Gasteiger partial charge in [0, 0.05) is 30.5 Å². The van der Waals surface area contributed by atoms with Gasteiger partial charge in [-0.2, -0.15) is 0 Å².